The number of carbonyl (C=O) groups is 2. The van der Waals surface area contributed by atoms with Gasteiger partial charge < -0.3 is 9.84 Å². The van der Waals surface area contributed by atoms with E-state index in [0.717, 1.165) is 19.3 Å². The van der Waals surface area contributed by atoms with Crippen LogP contribution in [-0.4, -0.2) is 17.2 Å². The summed E-state index contributed by atoms with van der Waals surface area (Å²) in [6.45, 7) is 2.27. The molecule has 0 rings (SSSR count). The third-order valence-corrected chi connectivity index (χ3v) is 4.69. The van der Waals surface area contributed by atoms with E-state index in [9.17, 15) is 9.59 Å². The lowest BCUT2D eigenvalue weighted by Gasteiger charge is -2.03. The first-order valence-corrected chi connectivity index (χ1v) is 10.6. The van der Waals surface area contributed by atoms with E-state index in [0.29, 0.717) is 0 Å². The van der Waals surface area contributed by atoms with E-state index in [-0.39, 0.29) is 6.42 Å². The maximum absolute atomic E-state index is 11.0. The smallest absolute Gasteiger partial charge is 0.449 e. The van der Waals surface area contributed by atoms with Crippen LogP contribution in [0, 0.1) is 0 Å². The second-order valence-electron chi connectivity index (χ2n) is 7.15. The van der Waals surface area contributed by atoms with Crippen molar-refractivity contribution >= 4 is 12.1 Å². The number of hydrogen-bond acceptors (Lipinski definition) is 3. The van der Waals surface area contributed by atoms with Gasteiger partial charge in [0.25, 0.3) is 0 Å². The van der Waals surface area contributed by atoms with Crippen LogP contribution >= 0.6 is 0 Å². The predicted octanol–water partition coefficient (Wildman–Crippen LogP) is 7.25. The Bertz CT molecular complexity index is 315. The molecule has 148 valence electrons. The van der Waals surface area contributed by atoms with E-state index in [1.165, 1.54) is 89.9 Å². The molecular formula is C21H40O4. The number of esters is 1. The molecule has 0 aromatic carbocycles. The number of unbranched alkanes of at least 4 members (excludes halogenated alkanes) is 16. The normalized spacial score (nSPS) is 10.8. The van der Waals surface area contributed by atoms with Gasteiger partial charge in [-0.15, -0.1) is 0 Å². The summed E-state index contributed by atoms with van der Waals surface area (Å²) >= 11 is 0. The molecule has 0 amide bonds. The van der Waals surface area contributed by atoms with Crippen molar-refractivity contribution in [1.82, 2.24) is 0 Å². The predicted molar refractivity (Wildman–Crippen MR) is 103 cm³/mol. The molecule has 0 aliphatic heterocycles. The molecule has 0 radical (unpaired) electrons. The fourth-order valence-corrected chi connectivity index (χ4v) is 3.14. The SMILES string of the molecule is CCCCCCCCCCCCCCCCCCCC(=O)OC(=O)O. The maximum atomic E-state index is 11.0. The van der Waals surface area contributed by atoms with Crippen LogP contribution < -0.4 is 0 Å². The van der Waals surface area contributed by atoms with Crippen LogP contribution in [0.2, 0.25) is 0 Å². The lowest BCUT2D eigenvalue weighted by atomic mass is 10.0. The second kappa shape index (κ2) is 19.3. The summed E-state index contributed by atoms with van der Waals surface area (Å²) in [6, 6.07) is 0. The van der Waals surface area contributed by atoms with Gasteiger partial charge in [0.15, 0.2) is 0 Å². The molecule has 25 heavy (non-hydrogen) atoms. The van der Waals surface area contributed by atoms with Gasteiger partial charge in [-0.05, 0) is 6.42 Å². The summed E-state index contributed by atoms with van der Waals surface area (Å²) < 4.78 is 4.06. The van der Waals surface area contributed by atoms with Crippen molar-refractivity contribution < 1.29 is 19.4 Å². The van der Waals surface area contributed by atoms with Crippen LogP contribution in [0.3, 0.4) is 0 Å². The van der Waals surface area contributed by atoms with Crippen LogP contribution in [0.25, 0.3) is 0 Å². The Kier molecular flexibility index (Phi) is 18.5. The van der Waals surface area contributed by atoms with Gasteiger partial charge in [0, 0.05) is 6.42 Å². The summed E-state index contributed by atoms with van der Waals surface area (Å²) in [7, 11) is 0. The Morgan fingerprint density at radius 2 is 0.920 bits per heavy atom. The molecule has 4 heteroatoms. The average Bonchev–Trinajstić information content (AvgIpc) is 2.57. The van der Waals surface area contributed by atoms with E-state index in [1.807, 2.05) is 0 Å². The number of carbonyl (C=O) groups excluding carboxylic acids is 1. The first-order chi connectivity index (χ1) is 12.2. The lowest BCUT2D eigenvalue weighted by molar-refractivity contribution is -0.139. The van der Waals surface area contributed by atoms with E-state index in [1.54, 1.807) is 0 Å². The number of rotatable bonds is 18. The minimum Gasteiger partial charge on any atom is -0.449 e. The molecule has 4 nitrogen and oxygen atoms in total. The van der Waals surface area contributed by atoms with Gasteiger partial charge in [0.05, 0.1) is 0 Å². The molecule has 0 fully saturated rings. The van der Waals surface area contributed by atoms with E-state index in [2.05, 4.69) is 11.7 Å². The summed E-state index contributed by atoms with van der Waals surface area (Å²) in [5, 5.41) is 8.28. The molecule has 0 saturated carbocycles. The molecule has 0 aromatic heterocycles. The first kappa shape index (κ1) is 23.9. The molecule has 0 saturated heterocycles. The Morgan fingerprint density at radius 1 is 0.600 bits per heavy atom. The van der Waals surface area contributed by atoms with Gasteiger partial charge in [-0.1, -0.05) is 110 Å². The van der Waals surface area contributed by atoms with E-state index < -0.39 is 12.1 Å². The van der Waals surface area contributed by atoms with Crippen molar-refractivity contribution in [2.24, 2.45) is 0 Å². The zero-order valence-corrected chi connectivity index (χ0v) is 16.4. The van der Waals surface area contributed by atoms with Crippen LogP contribution in [0.15, 0.2) is 0 Å². The van der Waals surface area contributed by atoms with Crippen molar-refractivity contribution in [2.75, 3.05) is 0 Å². The van der Waals surface area contributed by atoms with Crippen molar-refractivity contribution in [3.63, 3.8) is 0 Å². The van der Waals surface area contributed by atoms with Crippen LogP contribution in [0.1, 0.15) is 122 Å². The van der Waals surface area contributed by atoms with E-state index in [4.69, 9.17) is 5.11 Å². The molecular weight excluding hydrogens is 316 g/mol. The van der Waals surface area contributed by atoms with Gasteiger partial charge in [0.2, 0.25) is 0 Å². The highest BCUT2D eigenvalue weighted by atomic mass is 16.7. The summed E-state index contributed by atoms with van der Waals surface area (Å²) in [5.74, 6) is -0.631. The minimum absolute atomic E-state index is 0.213. The summed E-state index contributed by atoms with van der Waals surface area (Å²) in [5.41, 5.74) is 0. The van der Waals surface area contributed by atoms with E-state index >= 15 is 0 Å². The van der Waals surface area contributed by atoms with Gasteiger partial charge in [-0.25, -0.2) is 4.79 Å². The highest BCUT2D eigenvalue weighted by Crippen LogP contribution is 2.14. The Labute approximate surface area is 154 Å². The Hall–Kier alpha value is -1.06. The minimum atomic E-state index is -1.50. The fourth-order valence-electron chi connectivity index (χ4n) is 3.14. The van der Waals surface area contributed by atoms with Gasteiger partial charge >= 0.3 is 12.1 Å². The van der Waals surface area contributed by atoms with Crippen LogP contribution in [-0.2, 0) is 9.53 Å². The van der Waals surface area contributed by atoms with Crippen LogP contribution in [0.5, 0.6) is 0 Å². The number of ether oxygens (including phenoxy) is 1. The Balaban J connectivity index is 3.07. The topological polar surface area (TPSA) is 63.6 Å². The molecule has 0 unspecified atom stereocenters. The fraction of sp³-hybridized carbons (Fsp3) is 0.905. The molecule has 1 N–H and O–H groups in total. The molecule has 0 aliphatic rings. The summed E-state index contributed by atoms with van der Waals surface area (Å²) in [6.07, 6.45) is 20.7. The van der Waals surface area contributed by atoms with Crippen molar-refractivity contribution in [3.05, 3.63) is 0 Å². The molecule has 0 atom stereocenters. The van der Waals surface area contributed by atoms with Gasteiger partial charge in [-0.2, -0.15) is 0 Å². The lowest BCUT2D eigenvalue weighted by Crippen LogP contribution is -2.09. The average molecular weight is 357 g/mol. The van der Waals surface area contributed by atoms with Crippen molar-refractivity contribution in [3.8, 4) is 0 Å². The zero-order valence-electron chi connectivity index (χ0n) is 16.4. The molecule has 0 aromatic rings. The highest BCUT2D eigenvalue weighted by Gasteiger charge is 2.07. The molecule has 0 heterocycles. The van der Waals surface area contributed by atoms with Gasteiger partial charge in [0.1, 0.15) is 0 Å². The quantitative estimate of drug-likeness (QED) is 0.159. The molecule has 0 bridgehead atoms. The number of carboxylic acid groups (broad SMARTS) is 1. The monoisotopic (exact) mass is 356 g/mol. The summed E-state index contributed by atoms with van der Waals surface area (Å²) in [4.78, 5) is 21.2. The second-order valence-corrected chi connectivity index (χ2v) is 7.15. The molecule has 0 aliphatic carbocycles. The number of hydrogen-bond donors (Lipinski definition) is 1. The van der Waals surface area contributed by atoms with Gasteiger partial charge in [-0.3, -0.25) is 4.79 Å². The molecule has 0 spiro atoms. The maximum Gasteiger partial charge on any atom is 0.513 e. The largest absolute Gasteiger partial charge is 0.513 e. The van der Waals surface area contributed by atoms with Crippen LogP contribution in [0.4, 0.5) is 4.79 Å². The zero-order chi connectivity index (χ0) is 18.6. The van der Waals surface area contributed by atoms with Crippen molar-refractivity contribution in [1.29, 1.82) is 0 Å². The third-order valence-electron chi connectivity index (χ3n) is 4.69. The Morgan fingerprint density at radius 3 is 1.24 bits per heavy atom. The highest BCUT2D eigenvalue weighted by molar-refractivity contribution is 5.80. The third kappa shape index (κ3) is 20.9. The first-order valence-electron chi connectivity index (χ1n) is 10.6. The standard InChI is InChI=1S/C21H40O4/c1-2-3-4-5-6-7-8-9-10-11-12-13-14-15-16-17-18-19-20(22)25-21(23)24/h2-19H2,1H3,(H,23,24). The van der Waals surface area contributed by atoms with Crippen molar-refractivity contribution in [2.45, 2.75) is 122 Å².